The molecule has 0 heterocycles. The van der Waals surface area contributed by atoms with E-state index in [2.05, 4.69) is 34.6 Å². The van der Waals surface area contributed by atoms with Crippen molar-refractivity contribution < 1.29 is 4.74 Å². The molecule has 0 radical (unpaired) electrons. The zero-order chi connectivity index (χ0) is 9.72. The van der Waals surface area contributed by atoms with Crippen molar-refractivity contribution in [1.29, 1.82) is 0 Å². The zero-order valence-corrected chi connectivity index (χ0v) is 9.12. The fourth-order valence-electron chi connectivity index (χ4n) is 0.505. The molecule has 0 bridgehead atoms. The van der Waals surface area contributed by atoms with Crippen molar-refractivity contribution in [2.24, 2.45) is 0 Å². The smallest absolute Gasteiger partial charge is 0.109 e. The molecule has 0 atom stereocenters. The van der Waals surface area contributed by atoms with Gasteiger partial charge in [0.2, 0.25) is 0 Å². The van der Waals surface area contributed by atoms with E-state index in [0.29, 0.717) is 0 Å². The highest BCUT2D eigenvalue weighted by atomic mass is 16.5. The van der Waals surface area contributed by atoms with Crippen LogP contribution in [0.1, 0.15) is 41.5 Å². The molecule has 0 aromatic rings. The second kappa shape index (κ2) is 5.02. The molecule has 0 unspecified atom stereocenters. The Kier molecular flexibility index (Phi) is 4.72. The van der Waals surface area contributed by atoms with E-state index < -0.39 is 0 Å². The molecule has 0 aliphatic carbocycles. The van der Waals surface area contributed by atoms with E-state index in [4.69, 9.17) is 4.74 Å². The van der Waals surface area contributed by atoms with Gasteiger partial charge >= 0.3 is 0 Å². The van der Waals surface area contributed by atoms with Crippen LogP contribution in [0.5, 0.6) is 0 Å². The van der Waals surface area contributed by atoms with Crippen LogP contribution in [0, 0.1) is 0 Å². The largest absolute Gasteiger partial charge is 0.494 e. The minimum absolute atomic E-state index is 0.722. The molecular formula is C11H20O. The highest BCUT2D eigenvalue weighted by Crippen LogP contribution is 2.08. The van der Waals surface area contributed by atoms with Gasteiger partial charge in [-0.1, -0.05) is 5.57 Å². The van der Waals surface area contributed by atoms with Crippen LogP contribution in [0.15, 0.2) is 22.5 Å². The van der Waals surface area contributed by atoms with Gasteiger partial charge in [-0.2, -0.15) is 0 Å². The molecule has 70 valence electrons. The van der Waals surface area contributed by atoms with Gasteiger partial charge in [-0.15, -0.1) is 0 Å². The maximum absolute atomic E-state index is 5.55. The molecular weight excluding hydrogens is 148 g/mol. The third kappa shape index (κ3) is 4.22. The molecule has 1 heteroatoms. The first-order chi connectivity index (χ1) is 5.45. The summed E-state index contributed by atoms with van der Waals surface area (Å²) in [5.74, 6) is 1.04. The van der Waals surface area contributed by atoms with Crippen LogP contribution in [-0.2, 0) is 4.74 Å². The molecule has 0 rings (SSSR count). The van der Waals surface area contributed by atoms with Gasteiger partial charge in [-0.05, 0) is 52.7 Å². The molecule has 12 heavy (non-hydrogen) atoms. The number of allylic oxidation sites excluding steroid dienone is 3. The van der Waals surface area contributed by atoms with Gasteiger partial charge in [0.1, 0.15) is 6.61 Å². The van der Waals surface area contributed by atoms with Crippen LogP contribution in [0.2, 0.25) is 0 Å². The molecule has 0 fully saturated rings. The van der Waals surface area contributed by atoms with Crippen molar-refractivity contribution in [2.45, 2.75) is 41.5 Å². The van der Waals surface area contributed by atoms with E-state index in [0.717, 1.165) is 12.4 Å². The Bertz CT molecular complexity index is 177. The Morgan fingerprint density at radius 1 is 0.833 bits per heavy atom. The lowest BCUT2D eigenvalue weighted by Crippen LogP contribution is -1.96. The fraction of sp³-hybridized carbons (Fsp3) is 0.636. The Morgan fingerprint density at radius 3 is 1.67 bits per heavy atom. The summed E-state index contributed by atoms with van der Waals surface area (Å²) in [5.41, 5.74) is 3.91. The van der Waals surface area contributed by atoms with Crippen molar-refractivity contribution in [3.8, 4) is 0 Å². The summed E-state index contributed by atoms with van der Waals surface area (Å²) >= 11 is 0. The topological polar surface area (TPSA) is 9.23 Å². The maximum atomic E-state index is 5.55. The first kappa shape index (κ1) is 11.3. The summed E-state index contributed by atoms with van der Waals surface area (Å²) in [6.07, 6.45) is 0. The van der Waals surface area contributed by atoms with E-state index in [9.17, 15) is 0 Å². The molecule has 0 aromatic heterocycles. The molecule has 0 spiro atoms. The average molecular weight is 168 g/mol. The number of rotatable bonds is 3. The lowest BCUT2D eigenvalue weighted by Gasteiger charge is -2.09. The second-order valence-electron chi connectivity index (χ2n) is 3.63. The quantitative estimate of drug-likeness (QED) is 0.461. The van der Waals surface area contributed by atoms with Crippen molar-refractivity contribution in [3.63, 3.8) is 0 Å². The molecule has 0 amide bonds. The van der Waals surface area contributed by atoms with Crippen molar-refractivity contribution >= 4 is 0 Å². The second-order valence-corrected chi connectivity index (χ2v) is 3.63. The third-order valence-electron chi connectivity index (χ3n) is 2.06. The van der Waals surface area contributed by atoms with Gasteiger partial charge in [-0.25, -0.2) is 0 Å². The van der Waals surface area contributed by atoms with Crippen molar-refractivity contribution in [1.82, 2.24) is 0 Å². The normalized spacial score (nSPS) is 9.17. The monoisotopic (exact) mass is 168 g/mol. The van der Waals surface area contributed by atoms with Gasteiger partial charge in [0.25, 0.3) is 0 Å². The zero-order valence-electron chi connectivity index (χ0n) is 9.12. The van der Waals surface area contributed by atoms with E-state index in [1.54, 1.807) is 0 Å². The van der Waals surface area contributed by atoms with Crippen LogP contribution in [0.4, 0.5) is 0 Å². The van der Waals surface area contributed by atoms with Crippen LogP contribution < -0.4 is 0 Å². The van der Waals surface area contributed by atoms with Crippen LogP contribution in [0.3, 0.4) is 0 Å². The Balaban J connectivity index is 4.03. The first-order valence-corrected chi connectivity index (χ1v) is 4.35. The molecule has 0 saturated carbocycles. The standard InChI is InChI=1S/C11H20O/c1-8(2)10(5)7-12-11(6)9(3)4/h7H2,1-6H3. The molecule has 0 aromatic carbocycles. The predicted molar refractivity (Wildman–Crippen MR) is 54.0 cm³/mol. The number of hydrogen-bond acceptors (Lipinski definition) is 1. The summed E-state index contributed by atoms with van der Waals surface area (Å²) in [4.78, 5) is 0. The maximum Gasteiger partial charge on any atom is 0.109 e. The van der Waals surface area contributed by atoms with Crippen molar-refractivity contribution in [3.05, 3.63) is 22.5 Å². The summed E-state index contributed by atoms with van der Waals surface area (Å²) in [7, 11) is 0. The van der Waals surface area contributed by atoms with Gasteiger partial charge in [0.05, 0.1) is 5.76 Å². The fourth-order valence-corrected chi connectivity index (χ4v) is 0.505. The minimum atomic E-state index is 0.722. The van der Waals surface area contributed by atoms with E-state index >= 15 is 0 Å². The molecule has 0 aliphatic rings. The summed E-state index contributed by atoms with van der Waals surface area (Å²) in [6.45, 7) is 13.2. The van der Waals surface area contributed by atoms with E-state index in [1.165, 1.54) is 16.7 Å². The number of hydrogen-bond donors (Lipinski definition) is 0. The van der Waals surface area contributed by atoms with Gasteiger partial charge in [0.15, 0.2) is 0 Å². The van der Waals surface area contributed by atoms with Gasteiger partial charge in [-0.3, -0.25) is 0 Å². The molecule has 0 saturated heterocycles. The van der Waals surface area contributed by atoms with Gasteiger partial charge < -0.3 is 4.74 Å². The lowest BCUT2D eigenvalue weighted by atomic mass is 10.2. The lowest BCUT2D eigenvalue weighted by molar-refractivity contribution is 0.237. The Hall–Kier alpha value is -0.720. The van der Waals surface area contributed by atoms with Crippen LogP contribution in [-0.4, -0.2) is 6.61 Å². The molecule has 0 aliphatic heterocycles. The Labute approximate surface area is 76.1 Å². The Morgan fingerprint density at radius 2 is 1.33 bits per heavy atom. The molecule has 0 N–H and O–H groups in total. The summed E-state index contributed by atoms with van der Waals surface area (Å²) in [6, 6.07) is 0. The minimum Gasteiger partial charge on any atom is -0.494 e. The molecule has 1 nitrogen and oxygen atoms in total. The highest BCUT2D eigenvalue weighted by Gasteiger charge is 1.95. The first-order valence-electron chi connectivity index (χ1n) is 4.35. The predicted octanol–water partition coefficient (Wildman–Crippen LogP) is 3.67. The van der Waals surface area contributed by atoms with E-state index in [-0.39, 0.29) is 0 Å². The summed E-state index contributed by atoms with van der Waals surface area (Å²) in [5, 5.41) is 0. The van der Waals surface area contributed by atoms with Crippen LogP contribution in [0.25, 0.3) is 0 Å². The summed E-state index contributed by atoms with van der Waals surface area (Å²) < 4.78 is 5.55. The van der Waals surface area contributed by atoms with Crippen molar-refractivity contribution in [2.75, 3.05) is 6.61 Å². The highest BCUT2D eigenvalue weighted by molar-refractivity contribution is 5.08. The number of ether oxygens (including phenoxy) is 1. The van der Waals surface area contributed by atoms with Crippen LogP contribution >= 0.6 is 0 Å². The van der Waals surface area contributed by atoms with E-state index in [1.807, 2.05) is 6.92 Å². The van der Waals surface area contributed by atoms with Gasteiger partial charge in [0, 0.05) is 0 Å². The average Bonchev–Trinajstić information content (AvgIpc) is 1.98. The third-order valence-corrected chi connectivity index (χ3v) is 2.06. The SMILES string of the molecule is CC(C)=C(C)COC(C)=C(C)C.